The summed E-state index contributed by atoms with van der Waals surface area (Å²) in [5, 5.41) is 9.75. The molecule has 1 amide bonds. The van der Waals surface area contributed by atoms with E-state index in [1.807, 2.05) is 0 Å². The van der Waals surface area contributed by atoms with Crippen molar-refractivity contribution in [3.8, 4) is 5.69 Å². The van der Waals surface area contributed by atoms with Gasteiger partial charge in [-0.15, -0.1) is 12.4 Å². The molecule has 0 spiro atoms. The van der Waals surface area contributed by atoms with Gasteiger partial charge in [-0.3, -0.25) is 4.79 Å². The van der Waals surface area contributed by atoms with Crippen LogP contribution >= 0.6 is 12.4 Å². The summed E-state index contributed by atoms with van der Waals surface area (Å²) in [4.78, 5) is 15.7. The summed E-state index contributed by atoms with van der Waals surface area (Å²) in [7, 11) is 0. The van der Waals surface area contributed by atoms with E-state index in [-0.39, 0.29) is 36.5 Å². The molecule has 2 N–H and O–H groups in total. The number of morpholine rings is 1. The molecule has 2 aromatic rings. The molecule has 1 aliphatic rings. The molecule has 1 aliphatic heterocycles. The number of halogens is 2. The molecule has 1 saturated heterocycles. The van der Waals surface area contributed by atoms with Crippen molar-refractivity contribution in [1.29, 1.82) is 0 Å². The number of rotatable bonds is 4. The number of nitrogens with one attached hydrogen (secondary N) is 2. The van der Waals surface area contributed by atoms with Gasteiger partial charge in [-0.2, -0.15) is 5.10 Å². The Labute approximate surface area is 138 Å². The maximum atomic E-state index is 14.1. The van der Waals surface area contributed by atoms with Gasteiger partial charge in [-0.1, -0.05) is 0 Å². The molecule has 1 atom stereocenters. The summed E-state index contributed by atoms with van der Waals surface area (Å²) >= 11 is 0. The summed E-state index contributed by atoms with van der Waals surface area (Å²) < 4.78 is 20.7. The Morgan fingerprint density at radius 2 is 2.39 bits per heavy atom. The highest BCUT2D eigenvalue weighted by Crippen LogP contribution is 2.17. The van der Waals surface area contributed by atoms with E-state index in [4.69, 9.17) is 4.74 Å². The van der Waals surface area contributed by atoms with Crippen LogP contribution in [-0.4, -0.2) is 46.5 Å². The van der Waals surface area contributed by atoms with E-state index < -0.39 is 5.82 Å². The minimum atomic E-state index is -0.484. The maximum Gasteiger partial charge on any atom is 0.226 e. The molecule has 124 valence electrons. The second kappa shape index (κ2) is 8.00. The van der Waals surface area contributed by atoms with Crippen LogP contribution in [0.4, 0.5) is 10.1 Å². The quantitative estimate of drug-likeness (QED) is 0.871. The van der Waals surface area contributed by atoms with Gasteiger partial charge in [0.25, 0.3) is 0 Å². The Morgan fingerprint density at radius 3 is 3.04 bits per heavy atom. The van der Waals surface area contributed by atoms with Gasteiger partial charge >= 0.3 is 0 Å². The summed E-state index contributed by atoms with van der Waals surface area (Å²) in [6.07, 6.45) is 3.02. The van der Waals surface area contributed by atoms with Gasteiger partial charge < -0.3 is 15.4 Å². The van der Waals surface area contributed by atoms with Crippen LogP contribution in [0, 0.1) is 5.82 Å². The first-order valence-electron chi connectivity index (χ1n) is 6.98. The third-order valence-electron chi connectivity index (χ3n) is 3.33. The van der Waals surface area contributed by atoms with Gasteiger partial charge in [0.1, 0.15) is 18.3 Å². The molecule has 1 aromatic heterocycles. The highest BCUT2D eigenvalue weighted by atomic mass is 35.5. The van der Waals surface area contributed by atoms with E-state index in [2.05, 4.69) is 20.7 Å². The molecule has 1 aromatic carbocycles. The van der Waals surface area contributed by atoms with Crippen molar-refractivity contribution >= 4 is 24.0 Å². The third-order valence-corrected chi connectivity index (χ3v) is 3.33. The fourth-order valence-corrected chi connectivity index (χ4v) is 2.29. The lowest BCUT2D eigenvalue weighted by Crippen LogP contribution is -2.43. The Kier molecular flexibility index (Phi) is 6.03. The highest BCUT2D eigenvalue weighted by molar-refractivity contribution is 5.91. The van der Waals surface area contributed by atoms with Crippen LogP contribution in [-0.2, 0) is 9.53 Å². The fourth-order valence-electron chi connectivity index (χ4n) is 2.29. The molecule has 23 heavy (non-hydrogen) atoms. The molecule has 1 unspecified atom stereocenters. The number of nitrogens with zero attached hydrogens (tertiary/aromatic N) is 3. The Balaban J connectivity index is 0.00000192. The Bertz CT molecular complexity index is 647. The van der Waals surface area contributed by atoms with Crippen LogP contribution in [0.5, 0.6) is 0 Å². The number of anilines is 1. The Hall–Kier alpha value is -2.03. The molecule has 2 heterocycles. The number of ether oxygens (including phenoxy) is 1. The maximum absolute atomic E-state index is 14.1. The molecule has 9 heteroatoms. The van der Waals surface area contributed by atoms with E-state index >= 15 is 0 Å². The number of amides is 1. The molecule has 3 rings (SSSR count). The van der Waals surface area contributed by atoms with Crippen LogP contribution in [0.3, 0.4) is 0 Å². The van der Waals surface area contributed by atoms with Gasteiger partial charge in [-0.05, 0) is 18.2 Å². The van der Waals surface area contributed by atoms with Gasteiger partial charge in [-0.25, -0.2) is 14.1 Å². The number of benzene rings is 1. The first-order chi connectivity index (χ1) is 10.7. The molecule has 0 radical (unpaired) electrons. The minimum absolute atomic E-state index is 0. The van der Waals surface area contributed by atoms with Gasteiger partial charge in [0.2, 0.25) is 5.91 Å². The predicted octanol–water partition coefficient (Wildman–Crippen LogP) is 1.15. The normalized spacial score (nSPS) is 17.3. The van der Waals surface area contributed by atoms with Crippen LogP contribution < -0.4 is 10.6 Å². The highest BCUT2D eigenvalue weighted by Gasteiger charge is 2.17. The molecule has 0 bridgehead atoms. The Morgan fingerprint density at radius 1 is 1.52 bits per heavy atom. The van der Waals surface area contributed by atoms with Gasteiger partial charge in [0.05, 0.1) is 13.2 Å². The molecule has 1 fully saturated rings. The predicted molar refractivity (Wildman–Crippen MR) is 84.4 cm³/mol. The third kappa shape index (κ3) is 4.47. The van der Waals surface area contributed by atoms with E-state index in [0.29, 0.717) is 18.9 Å². The molecular formula is C14H17ClFN5O2. The van der Waals surface area contributed by atoms with Crippen molar-refractivity contribution < 1.29 is 13.9 Å². The van der Waals surface area contributed by atoms with Crippen molar-refractivity contribution in [2.75, 3.05) is 25.1 Å². The van der Waals surface area contributed by atoms with E-state index in [1.165, 1.54) is 23.4 Å². The van der Waals surface area contributed by atoms with Crippen molar-refractivity contribution in [2.24, 2.45) is 0 Å². The average molecular weight is 342 g/mol. The topological polar surface area (TPSA) is 81.1 Å². The monoisotopic (exact) mass is 341 g/mol. The zero-order valence-electron chi connectivity index (χ0n) is 12.2. The molecule has 0 saturated carbocycles. The zero-order valence-corrected chi connectivity index (χ0v) is 13.1. The second-order valence-corrected chi connectivity index (χ2v) is 4.98. The lowest BCUT2D eigenvalue weighted by Gasteiger charge is -2.23. The average Bonchev–Trinajstić information content (AvgIpc) is 3.02. The van der Waals surface area contributed by atoms with Crippen LogP contribution in [0.2, 0.25) is 0 Å². The van der Waals surface area contributed by atoms with Crippen LogP contribution in [0.1, 0.15) is 6.42 Å². The molecule has 0 aliphatic carbocycles. The summed E-state index contributed by atoms with van der Waals surface area (Å²) in [5.74, 6) is -0.668. The first kappa shape index (κ1) is 17.3. The van der Waals surface area contributed by atoms with Crippen molar-refractivity contribution in [3.05, 3.63) is 36.7 Å². The van der Waals surface area contributed by atoms with Gasteiger partial charge in [0.15, 0.2) is 5.82 Å². The summed E-state index contributed by atoms with van der Waals surface area (Å²) in [5.41, 5.74) is 0.681. The number of hydrogen-bond donors (Lipinski definition) is 2. The summed E-state index contributed by atoms with van der Waals surface area (Å²) in [6, 6.07) is 4.43. The SMILES string of the molecule is Cl.O=C(CC1COCCN1)Nc1ccc(-n2cncn2)c(F)c1. The minimum Gasteiger partial charge on any atom is -0.378 e. The van der Waals surface area contributed by atoms with Crippen molar-refractivity contribution in [1.82, 2.24) is 20.1 Å². The van der Waals surface area contributed by atoms with Crippen LogP contribution in [0.15, 0.2) is 30.9 Å². The number of carbonyl (C=O) groups is 1. The van der Waals surface area contributed by atoms with Crippen molar-refractivity contribution in [2.45, 2.75) is 12.5 Å². The zero-order chi connectivity index (χ0) is 15.4. The lowest BCUT2D eigenvalue weighted by atomic mass is 10.2. The van der Waals surface area contributed by atoms with E-state index in [9.17, 15) is 9.18 Å². The largest absolute Gasteiger partial charge is 0.378 e. The van der Waals surface area contributed by atoms with Crippen LogP contribution in [0.25, 0.3) is 5.69 Å². The van der Waals surface area contributed by atoms with Crippen molar-refractivity contribution in [3.63, 3.8) is 0 Å². The van der Waals surface area contributed by atoms with E-state index in [1.54, 1.807) is 12.1 Å². The summed E-state index contributed by atoms with van der Waals surface area (Å²) in [6.45, 7) is 1.90. The first-order valence-corrected chi connectivity index (χ1v) is 6.98. The number of aromatic nitrogens is 3. The van der Waals surface area contributed by atoms with E-state index in [0.717, 1.165) is 6.54 Å². The fraction of sp³-hybridized carbons (Fsp3) is 0.357. The standard InChI is InChI=1S/C14H16FN5O2.ClH/c15-12-5-10(1-2-13(12)20-9-16-8-18-20)19-14(21)6-11-7-22-4-3-17-11;/h1-2,5,8-9,11,17H,3-4,6-7H2,(H,19,21);1H. The second-order valence-electron chi connectivity index (χ2n) is 4.98. The molecular weight excluding hydrogens is 325 g/mol. The lowest BCUT2D eigenvalue weighted by molar-refractivity contribution is -0.117. The number of carbonyl (C=O) groups excluding carboxylic acids is 1. The number of hydrogen-bond acceptors (Lipinski definition) is 5. The molecule has 7 nitrogen and oxygen atoms in total. The smallest absolute Gasteiger partial charge is 0.226 e. The van der Waals surface area contributed by atoms with Gasteiger partial charge in [0, 0.05) is 24.7 Å².